The average molecular weight is 201 g/mol. The first-order valence-electron chi connectivity index (χ1n) is 5.76. The Morgan fingerprint density at radius 2 is 2.27 bits per heavy atom. The molecule has 80 valence electrons. The number of nitrogens with two attached hydrogens (primary N) is 1. The number of rotatable bonds is 1. The van der Waals surface area contributed by atoms with E-state index in [0.29, 0.717) is 6.04 Å². The molecule has 1 aliphatic carbocycles. The second kappa shape index (κ2) is 4.63. The highest BCUT2D eigenvalue weighted by Crippen LogP contribution is 2.24. The number of hydrogen-bond acceptors (Lipinski definition) is 1. The summed E-state index contributed by atoms with van der Waals surface area (Å²) in [6.45, 7) is 2.13. The third kappa shape index (κ3) is 2.93. The van der Waals surface area contributed by atoms with Crippen molar-refractivity contribution in [2.75, 3.05) is 0 Å². The second-order valence-corrected chi connectivity index (χ2v) is 4.57. The quantitative estimate of drug-likeness (QED) is 0.741. The van der Waals surface area contributed by atoms with Crippen molar-refractivity contribution >= 4 is 6.08 Å². The Hall–Kier alpha value is -1.08. The summed E-state index contributed by atoms with van der Waals surface area (Å²) in [5, 5.41) is 0. The Labute approximate surface area is 92.0 Å². The maximum absolute atomic E-state index is 5.97. The van der Waals surface area contributed by atoms with Crippen LogP contribution in [0.5, 0.6) is 0 Å². The Morgan fingerprint density at radius 1 is 1.40 bits per heavy atom. The lowest BCUT2D eigenvalue weighted by Crippen LogP contribution is -2.23. The molecular weight excluding hydrogens is 182 g/mol. The molecule has 0 spiro atoms. The second-order valence-electron chi connectivity index (χ2n) is 4.57. The Morgan fingerprint density at radius 3 is 3.00 bits per heavy atom. The molecular formula is C14H19N. The fraction of sp³-hybridized carbons (Fsp3) is 0.429. The topological polar surface area (TPSA) is 26.0 Å². The third-order valence-corrected chi connectivity index (χ3v) is 3.01. The van der Waals surface area contributed by atoms with Gasteiger partial charge in [-0.15, -0.1) is 0 Å². The van der Waals surface area contributed by atoms with E-state index in [0.717, 1.165) is 6.42 Å². The standard InChI is InChI=1S/C14H19N/c1-11-4-2-5-12(8-11)9-13-6-3-7-14(15)10-13/h2,4-5,8-9,14H,3,6-7,10,15H2,1H3. The molecule has 1 saturated carbocycles. The molecule has 1 atom stereocenters. The maximum atomic E-state index is 5.97. The van der Waals surface area contributed by atoms with Gasteiger partial charge < -0.3 is 5.73 Å². The van der Waals surface area contributed by atoms with Crippen molar-refractivity contribution in [3.63, 3.8) is 0 Å². The minimum absolute atomic E-state index is 0.384. The van der Waals surface area contributed by atoms with E-state index < -0.39 is 0 Å². The van der Waals surface area contributed by atoms with Crippen LogP contribution in [0.4, 0.5) is 0 Å². The molecule has 1 nitrogen and oxygen atoms in total. The molecule has 1 heteroatoms. The van der Waals surface area contributed by atoms with Crippen molar-refractivity contribution in [1.82, 2.24) is 0 Å². The lowest BCUT2D eigenvalue weighted by Gasteiger charge is -2.20. The lowest BCUT2D eigenvalue weighted by atomic mass is 9.90. The van der Waals surface area contributed by atoms with Gasteiger partial charge >= 0.3 is 0 Å². The van der Waals surface area contributed by atoms with Crippen LogP contribution in [-0.2, 0) is 0 Å². The van der Waals surface area contributed by atoms with Crippen molar-refractivity contribution in [2.24, 2.45) is 5.73 Å². The van der Waals surface area contributed by atoms with Crippen LogP contribution < -0.4 is 5.73 Å². The molecule has 2 N–H and O–H groups in total. The van der Waals surface area contributed by atoms with E-state index in [-0.39, 0.29) is 0 Å². The van der Waals surface area contributed by atoms with Gasteiger partial charge in [-0.05, 0) is 38.2 Å². The summed E-state index contributed by atoms with van der Waals surface area (Å²) in [6.07, 6.45) is 7.05. The van der Waals surface area contributed by atoms with Crippen LogP contribution in [0.3, 0.4) is 0 Å². The Balaban J connectivity index is 2.15. The van der Waals surface area contributed by atoms with Gasteiger partial charge in [-0.2, -0.15) is 0 Å². The van der Waals surface area contributed by atoms with Gasteiger partial charge in [-0.25, -0.2) is 0 Å². The van der Waals surface area contributed by atoms with E-state index in [1.807, 2.05) is 0 Å². The number of hydrogen-bond donors (Lipinski definition) is 1. The van der Waals surface area contributed by atoms with Gasteiger partial charge in [-0.3, -0.25) is 0 Å². The predicted octanol–water partition coefficient (Wildman–Crippen LogP) is 3.28. The van der Waals surface area contributed by atoms with Gasteiger partial charge in [0.25, 0.3) is 0 Å². The van der Waals surface area contributed by atoms with Crippen molar-refractivity contribution in [3.8, 4) is 0 Å². The molecule has 1 aromatic rings. The average Bonchev–Trinajstić information content (AvgIpc) is 2.17. The van der Waals surface area contributed by atoms with Crippen LogP contribution in [0.2, 0.25) is 0 Å². The third-order valence-electron chi connectivity index (χ3n) is 3.01. The van der Waals surface area contributed by atoms with E-state index in [9.17, 15) is 0 Å². The van der Waals surface area contributed by atoms with Gasteiger partial charge in [0.2, 0.25) is 0 Å². The summed E-state index contributed by atoms with van der Waals surface area (Å²) in [5.41, 5.74) is 10.1. The lowest BCUT2D eigenvalue weighted by molar-refractivity contribution is 0.520. The highest BCUT2D eigenvalue weighted by molar-refractivity contribution is 5.54. The summed E-state index contributed by atoms with van der Waals surface area (Å²) >= 11 is 0. The van der Waals surface area contributed by atoms with Crippen molar-refractivity contribution in [1.29, 1.82) is 0 Å². The fourth-order valence-corrected chi connectivity index (χ4v) is 2.26. The van der Waals surface area contributed by atoms with Crippen LogP contribution in [-0.4, -0.2) is 6.04 Å². The molecule has 1 unspecified atom stereocenters. The van der Waals surface area contributed by atoms with Crippen LogP contribution >= 0.6 is 0 Å². The molecule has 0 radical (unpaired) electrons. The summed E-state index contributed by atoms with van der Waals surface area (Å²) < 4.78 is 0. The van der Waals surface area contributed by atoms with Gasteiger partial charge in [0.15, 0.2) is 0 Å². The van der Waals surface area contributed by atoms with Crippen LogP contribution in [0.1, 0.15) is 36.8 Å². The van der Waals surface area contributed by atoms with E-state index >= 15 is 0 Å². The van der Waals surface area contributed by atoms with Gasteiger partial charge in [0, 0.05) is 6.04 Å². The summed E-state index contributed by atoms with van der Waals surface area (Å²) in [4.78, 5) is 0. The fourth-order valence-electron chi connectivity index (χ4n) is 2.26. The first kappa shape index (κ1) is 10.4. The molecule has 0 aromatic heterocycles. The zero-order valence-electron chi connectivity index (χ0n) is 9.37. The molecule has 0 aliphatic heterocycles. The highest BCUT2D eigenvalue weighted by Gasteiger charge is 2.12. The zero-order chi connectivity index (χ0) is 10.7. The first-order chi connectivity index (χ1) is 7.24. The molecule has 1 aromatic carbocycles. The monoisotopic (exact) mass is 201 g/mol. The Kier molecular flexibility index (Phi) is 3.22. The molecule has 2 rings (SSSR count). The van der Waals surface area contributed by atoms with Crippen molar-refractivity contribution in [3.05, 3.63) is 41.0 Å². The molecule has 0 bridgehead atoms. The Bertz CT molecular complexity index is 365. The largest absolute Gasteiger partial charge is 0.327 e. The summed E-state index contributed by atoms with van der Waals surface area (Å²) in [5.74, 6) is 0. The molecule has 15 heavy (non-hydrogen) atoms. The first-order valence-corrected chi connectivity index (χ1v) is 5.76. The highest BCUT2D eigenvalue weighted by atomic mass is 14.6. The molecule has 1 fully saturated rings. The van der Waals surface area contributed by atoms with Gasteiger partial charge in [0.1, 0.15) is 0 Å². The molecule has 0 amide bonds. The zero-order valence-corrected chi connectivity index (χ0v) is 9.37. The smallest absolute Gasteiger partial charge is 0.00763 e. The van der Waals surface area contributed by atoms with Gasteiger partial charge in [-0.1, -0.05) is 41.5 Å². The predicted molar refractivity (Wildman–Crippen MR) is 65.6 cm³/mol. The van der Waals surface area contributed by atoms with Crippen LogP contribution in [0.25, 0.3) is 6.08 Å². The molecule has 1 aliphatic rings. The summed E-state index contributed by atoms with van der Waals surface area (Å²) in [6, 6.07) is 9.03. The minimum Gasteiger partial charge on any atom is -0.327 e. The van der Waals surface area contributed by atoms with Crippen molar-refractivity contribution < 1.29 is 0 Å². The van der Waals surface area contributed by atoms with E-state index in [4.69, 9.17) is 5.73 Å². The number of aryl methyl sites for hydroxylation is 1. The normalized spacial score (nSPS) is 24.4. The minimum atomic E-state index is 0.384. The van der Waals surface area contributed by atoms with Crippen LogP contribution in [0, 0.1) is 6.92 Å². The van der Waals surface area contributed by atoms with E-state index in [2.05, 4.69) is 37.3 Å². The van der Waals surface area contributed by atoms with Crippen molar-refractivity contribution in [2.45, 2.75) is 38.6 Å². The summed E-state index contributed by atoms with van der Waals surface area (Å²) in [7, 11) is 0. The molecule has 0 saturated heterocycles. The van der Waals surface area contributed by atoms with Crippen LogP contribution in [0.15, 0.2) is 29.8 Å². The number of benzene rings is 1. The van der Waals surface area contributed by atoms with Gasteiger partial charge in [0.05, 0.1) is 0 Å². The molecule has 0 heterocycles. The van der Waals surface area contributed by atoms with E-state index in [1.165, 1.54) is 36.0 Å². The SMILES string of the molecule is Cc1cccc(C=C2CCCC(N)C2)c1. The van der Waals surface area contributed by atoms with E-state index in [1.54, 1.807) is 0 Å². The maximum Gasteiger partial charge on any atom is 0.00763 e.